The first kappa shape index (κ1) is 36.9. The van der Waals surface area contributed by atoms with Crippen LogP contribution in [0.3, 0.4) is 0 Å². The van der Waals surface area contributed by atoms with E-state index in [-0.39, 0.29) is 36.4 Å². The molecule has 1 unspecified atom stereocenters. The second kappa shape index (κ2) is 16.9. The summed E-state index contributed by atoms with van der Waals surface area (Å²) >= 11 is 0. The number of halogens is 1. The average molecular weight is 691 g/mol. The van der Waals surface area contributed by atoms with Gasteiger partial charge in [0.1, 0.15) is 25.0 Å². The maximum atomic E-state index is 14.1. The predicted molar refractivity (Wildman–Crippen MR) is 171 cm³/mol. The van der Waals surface area contributed by atoms with Crippen LogP contribution >= 0.6 is 7.75 Å². The van der Waals surface area contributed by atoms with E-state index >= 15 is 0 Å². The van der Waals surface area contributed by atoms with Crippen LogP contribution in [0.25, 0.3) is 11.2 Å². The zero-order chi connectivity index (χ0) is 34.7. The smallest absolute Gasteiger partial charge is 0.406 e. The lowest BCUT2D eigenvalue weighted by atomic mass is 9.99. The number of carbonyl (C=O) groups excluding carboxylic acids is 1. The van der Waals surface area contributed by atoms with Gasteiger partial charge in [0, 0.05) is 6.42 Å². The van der Waals surface area contributed by atoms with Crippen molar-refractivity contribution in [3.63, 3.8) is 0 Å². The number of hydrogen-bond donors (Lipinski definition) is 4. The van der Waals surface area contributed by atoms with Crippen LogP contribution in [0.15, 0.2) is 36.7 Å². The Morgan fingerprint density at radius 2 is 1.96 bits per heavy atom. The molecular weight excluding hydrogens is 650 g/mol. The lowest BCUT2D eigenvalue weighted by Crippen LogP contribution is -2.44. The Balaban J connectivity index is 1.48. The minimum absolute atomic E-state index is 0.0219. The molecule has 1 aliphatic rings. The number of nitrogens with two attached hydrogens (primary N) is 1. The number of nitrogen functional groups attached to an aromatic ring is 1. The molecule has 3 aromatic rings. The number of terminal acetylenes is 1. The van der Waals surface area contributed by atoms with Gasteiger partial charge in [0.15, 0.2) is 29.2 Å². The molecule has 260 valence electrons. The van der Waals surface area contributed by atoms with Crippen LogP contribution in [0.1, 0.15) is 63.7 Å². The quantitative estimate of drug-likeness (QED) is 0.0466. The summed E-state index contributed by atoms with van der Waals surface area (Å²) in [4.78, 5) is 35.9. The van der Waals surface area contributed by atoms with E-state index in [9.17, 15) is 28.8 Å². The summed E-state index contributed by atoms with van der Waals surface area (Å²) in [5.41, 5.74) is 4.48. The van der Waals surface area contributed by atoms with Crippen LogP contribution in [0, 0.1) is 18.4 Å². The summed E-state index contributed by atoms with van der Waals surface area (Å²) in [5.74, 6) is -0.101. The predicted octanol–water partition coefficient (Wildman–Crippen LogP) is 3.53. The molecule has 0 aliphatic carbocycles. The van der Waals surface area contributed by atoms with Crippen molar-refractivity contribution in [2.24, 2.45) is 0 Å². The summed E-state index contributed by atoms with van der Waals surface area (Å²) in [6.45, 7) is 0.642. The highest BCUT2D eigenvalue weighted by molar-refractivity contribution is 7.51. The number of ether oxygens (including phenoxy) is 2. The van der Waals surface area contributed by atoms with Gasteiger partial charge in [-0.15, -0.1) is 6.42 Å². The minimum atomic E-state index is -4.67. The largest absolute Gasteiger partial charge is 0.480 e. The number of aliphatic hydroxyl groups excluding tert-OH is 1. The van der Waals surface area contributed by atoms with E-state index in [4.69, 9.17) is 30.7 Å². The van der Waals surface area contributed by atoms with Crippen molar-refractivity contribution in [1.82, 2.24) is 24.6 Å². The Hall–Kier alpha value is -3.97. The summed E-state index contributed by atoms with van der Waals surface area (Å²) in [5, 5.41) is 23.4. The second-order valence-corrected chi connectivity index (χ2v) is 13.1. The standard InChI is InChI=1S/C31H40FN6O9P/c1-3-5-6-7-8-12-15-44-25(40)18-45-48(43,37-22(29(41)42)16-21-13-10-9-11-14-21)46-19-31(4-2)23(39)17-24(47-31)38-20-34-26-27(33)35-30(32)36-28(26)38/h2,9-11,13-14,20,22-24,39H,3,5-8,12,15-19H2,1H3,(H,37,43)(H,41,42)(H2,33,35,36)/t22?,23-,24+,31+,48-/m0/s1. The third kappa shape index (κ3) is 9.56. The van der Waals surface area contributed by atoms with Crippen molar-refractivity contribution in [2.45, 2.75) is 82.3 Å². The monoisotopic (exact) mass is 690 g/mol. The van der Waals surface area contributed by atoms with E-state index in [0.29, 0.717) is 12.0 Å². The first-order chi connectivity index (χ1) is 23.0. The number of hydrogen-bond acceptors (Lipinski definition) is 12. The normalized spacial score (nSPS) is 21.0. The highest BCUT2D eigenvalue weighted by Crippen LogP contribution is 2.48. The van der Waals surface area contributed by atoms with Crippen LogP contribution in [0.4, 0.5) is 10.2 Å². The Labute approximate surface area is 276 Å². The summed E-state index contributed by atoms with van der Waals surface area (Å²) in [6, 6.07) is 7.06. The van der Waals surface area contributed by atoms with E-state index < -0.39 is 63.0 Å². The fraction of sp³-hybridized carbons (Fsp3) is 0.516. The number of aromatic nitrogens is 4. The molecule has 17 heteroatoms. The molecule has 1 aliphatic heterocycles. The molecular formula is C31H40FN6O9P. The number of carboxylic acids is 1. The molecule has 2 aromatic heterocycles. The molecule has 1 fully saturated rings. The molecule has 0 bridgehead atoms. The van der Waals surface area contributed by atoms with Crippen molar-refractivity contribution in [2.75, 3.05) is 25.6 Å². The highest BCUT2D eigenvalue weighted by atomic mass is 31.2. The second-order valence-electron chi connectivity index (χ2n) is 11.3. The number of carbonyl (C=O) groups is 2. The third-order valence-corrected chi connectivity index (χ3v) is 9.31. The number of nitrogens with one attached hydrogen (secondary N) is 1. The molecule has 1 saturated heterocycles. The SMILES string of the molecule is C#C[C@]1(CO[P@](=O)(NC(Cc2ccccc2)C(=O)O)OCC(=O)OCCCCCCCC)O[C@@H](n2cnc3c(N)nc(F)nc32)C[C@@H]1O. The van der Waals surface area contributed by atoms with Gasteiger partial charge >= 0.3 is 25.8 Å². The van der Waals surface area contributed by atoms with Crippen LogP contribution in [-0.2, 0) is 39.1 Å². The number of fused-ring (bicyclic) bond motifs is 1. The number of esters is 1. The number of nitrogens with zero attached hydrogens (tertiary/aromatic N) is 4. The molecule has 4 rings (SSSR count). The average Bonchev–Trinajstić information content (AvgIpc) is 3.63. The molecule has 5 N–H and O–H groups in total. The fourth-order valence-corrected chi connectivity index (χ4v) is 6.56. The molecule has 0 saturated carbocycles. The van der Waals surface area contributed by atoms with Gasteiger partial charge < -0.3 is 25.4 Å². The first-order valence-corrected chi connectivity index (χ1v) is 17.1. The van der Waals surface area contributed by atoms with E-state index in [1.807, 2.05) is 0 Å². The number of aliphatic hydroxyl groups is 1. The zero-order valence-electron chi connectivity index (χ0n) is 26.5. The lowest BCUT2D eigenvalue weighted by Gasteiger charge is -2.29. The van der Waals surface area contributed by atoms with Gasteiger partial charge in [0.05, 0.1) is 12.9 Å². The maximum Gasteiger partial charge on any atom is 0.406 e. The first-order valence-electron chi connectivity index (χ1n) is 15.6. The van der Waals surface area contributed by atoms with Crippen LogP contribution in [0.5, 0.6) is 0 Å². The topological polar surface area (TPSA) is 210 Å². The van der Waals surface area contributed by atoms with Crippen LogP contribution < -0.4 is 10.8 Å². The van der Waals surface area contributed by atoms with Crippen LogP contribution in [-0.4, -0.2) is 79.2 Å². The van der Waals surface area contributed by atoms with Gasteiger partial charge in [-0.1, -0.05) is 75.3 Å². The number of aliphatic carboxylic acids is 1. The number of unbranched alkanes of at least 4 members (excludes halogenated alkanes) is 5. The Morgan fingerprint density at radius 3 is 2.67 bits per heavy atom. The van der Waals surface area contributed by atoms with Gasteiger partial charge in [-0.25, -0.2) is 19.4 Å². The summed E-state index contributed by atoms with van der Waals surface area (Å²) in [6.07, 6.45) is 9.03. The summed E-state index contributed by atoms with van der Waals surface area (Å²) < 4.78 is 51.5. The summed E-state index contributed by atoms with van der Waals surface area (Å²) in [7, 11) is -4.67. The fourth-order valence-electron chi connectivity index (χ4n) is 5.11. The van der Waals surface area contributed by atoms with E-state index in [1.54, 1.807) is 30.3 Å². The Kier molecular flexibility index (Phi) is 13.0. The van der Waals surface area contributed by atoms with Crippen molar-refractivity contribution in [3.8, 4) is 12.3 Å². The minimum Gasteiger partial charge on any atom is -0.480 e. The zero-order valence-corrected chi connectivity index (χ0v) is 27.4. The number of benzene rings is 1. The van der Waals surface area contributed by atoms with Crippen molar-refractivity contribution in [1.29, 1.82) is 0 Å². The van der Waals surface area contributed by atoms with E-state index in [1.165, 1.54) is 10.9 Å². The molecule has 1 aromatic carbocycles. The van der Waals surface area contributed by atoms with E-state index in [2.05, 4.69) is 32.9 Å². The van der Waals surface area contributed by atoms with Crippen molar-refractivity contribution < 1.29 is 47.3 Å². The number of rotatable bonds is 19. The van der Waals surface area contributed by atoms with Gasteiger partial charge in [-0.05, 0) is 18.4 Å². The molecule has 15 nitrogen and oxygen atoms in total. The molecule has 48 heavy (non-hydrogen) atoms. The van der Waals surface area contributed by atoms with Gasteiger partial charge in [-0.3, -0.25) is 18.4 Å². The van der Waals surface area contributed by atoms with Crippen molar-refractivity contribution in [3.05, 3.63) is 48.3 Å². The molecule has 0 amide bonds. The lowest BCUT2D eigenvalue weighted by molar-refractivity contribution is -0.146. The Morgan fingerprint density at radius 1 is 1.23 bits per heavy atom. The van der Waals surface area contributed by atoms with Gasteiger partial charge in [0.2, 0.25) is 0 Å². The third-order valence-electron chi connectivity index (χ3n) is 7.74. The van der Waals surface area contributed by atoms with Crippen LogP contribution in [0.2, 0.25) is 0 Å². The maximum absolute atomic E-state index is 14.1. The van der Waals surface area contributed by atoms with Gasteiger partial charge in [-0.2, -0.15) is 14.4 Å². The number of anilines is 1. The number of imidazole rings is 1. The number of carboxylic acid groups (broad SMARTS) is 1. The highest BCUT2D eigenvalue weighted by Gasteiger charge is 2.50. The molecule has 0 spiro atoms. The molecule has 5 atom stereocenters. The Bertz CT molecular complexity index is 1640. The van der Waals surface area contributed by atoms with Crippen molar-refractivity contribution >= 4 is 36.7 Å². The molecule has 0 radical (unpaired) electrons. The van der Waals surface area contributed by atoms with E-state index in [0.717, 1.165) is 32.1 Å². The van der Waals surface area contributed by atoms with Gasteiger partial charge in [0.25, 0.3) is 0 Å². The molecule has 3 heterocycles.